The summed E-state index contributed by atoms with van der Waals surface area (Å²) in [5.74, 6) is -2.47. The summed E-state index contributed by atoms with van der Waals surface area (Å²) in [6.45, 7) is 16.6. The van der Waals surface area contributed by atoms with Crippen molar-refractivity contribution < 1.29 is 48.0 Å². The highest BCUT2D eigenvalue weighted by molar-refractivity contribution is 5.75. The topological polar surface area (TPSA) is 161 Å². The van der Waals surface area contributed by atoms with Crippen molar-refractivity contribution in [2.45, 2.75) is 112 Å². The summed E-state index contributed by atoms with van der Waals surface area (Å²) in [6, 6.07) is 2.84. The number of nitrogens with two attached hydrogens (primary N) is 1. The molecule has 41 heavy (non-hydrogen) atoms. The number of rotatable bonds is 15. The number of esters is 1. The van der Waals surface area contributed by atoms with Gasteiger partial charge in [-0.15, -0.1) is 0 Å². The summed E-state index contributed by atoms with van der Waals surface area (Å²) in [6.07, 6.45) is -2.63. The Hall–Kier alpha value is -3.34. The molecule has 11 nitrogen and oxygen atoms in total. The largest absolute Gasteiger partial charge is 0.514 e. The normalized spacial score (nSPS) is 15.0. The van der Waals surface area contributed by atoms with Crippen LogP contribution in [0.3, 0.4) is 0 Å². The number of hydrogen-bond donors (Lipinski definition) is 2. The summed E-state index contributed by atoms with van der Waals surface area (Å²) < 4.78 is 26.8. The molecule has 0 aliphatic rings. The molecule has 0 spiro atoms. The Labute approximate surface area is 243 Å². The zero-order valence-electron chi connectivity index (χ0n) is 25.7. The predicted molar refractivity (Wildman–Crippen MR) is 152 cm³/mol. The Morgan fingerprint density at radius 1 is 0.780 bits per heavy atom. The van der Waals surface area contributed by atoms with E-state index in [1.807, 2.05) is 41.5 Å². The first-order valence-electron chi connectivity index (χ1n) is 14.1. The number of aliphatic carboxylic acids is 1. The van der Waals surface area contributed by atoms with Crippen LogP contribution in [0.1, 0.15) is 93.1 Å². The van der Waals surface area contributed by atoms with Gasteiger partial charge in [-0.1, -0.05) is 47.6 Å². The molecule has 0 bridgehead atoms. The number of ether oxygens (including phenoxy) is 5. The van der Waals surface area contributed by atoms with Crippen LogP contribution in [0.4, 0.5) is 9.59 Å². The number of carbonyl (C=O) groups is 4. The van der Waals surface area contributed by atoms with Crippen LogP contribution < -0.4 is 15.2 Å². The fourth-order valence-corrected chi connectivity index (χ4v) is 3.48. The number of carboxylic acids is 1. The fourth-order valence-electron chi connectivity index (χ4n) is 3.48. The molecule has 0 amide bonds. The molecule has 0 radical (unpaired) electrons. The molecule has 11 heteroatoms. The molecule has 232 valence electrons. The van der Waals surface area contributed by atoms with E-state index in [0.29, 0.717) is 17.9 Å². The lowest BCUT2D eigenvalue weighted by atomic mass is 9.87. The van der Waals surface area contributed by atoms with Crippen molar-refractivity contribution in [3.8, 4) is 11.5 Å². The highest BCUT2D eigenvalue weighted by Gasteiger charge is 2.30. The molecule has 1 rings (SSSR count). The lowest BCUT2D eigenvalue weighted by Crippen LogP contribution is -2.38. The van der Waals surface area contributed by atoms with Gasteiger partial charge in [0.2, 0.25) is 0 Å². The van der Waals surface area contributed by atoms with Gasteiger partial charge >= 0.3 is 24.2 Å². The molecule has 0 heterocycles. The van der Waals surface area contributed by atoms with E-state index in [-0.39, 0.29) is 36.2 Å². The first kappa shape index (κ1) is 35.7. The summed E-state index contributed by atoms with van der Waals surface area (Å²) in [7, 11) is 0. The van der Waals surface area contributed by atoms with Gasteiger partial charge in [0.25, 0.3) is 0 Å². The predicted octanol–water partition coefficient (Wildman–Crippen LogP) is 6.06. The summed E-state index contributed by atoms with van der Waals surface area (Å²) in [4.78, 5) is 49.1. The first-order valence-corrected chi connectivity index (χ1v) is 14.1. The summed E-state index contributed by atoms with van der Waals surface area (Å²) in [5.41, 5.74) is 6.41. The van der Waals surface area contributed by atoms with E-state index in [9.17, 15) is 24.3 Å². The molecular formula is C30H47NO10. The van der Waals surface area contributed by atoms with Crippen LogP contribution in [-0.4, -0.2) is 53.7 Å². The second-order valence-electron chi connectivity index (χ2n) is 11.5. The van der Waals surface area contributed by atoms with Gasteiger partial charge < -0.3 is 34.5 Å². The number of hydrogen-bond acceptors (Lipinski definition) is 10. The Balaban J connectivity index is 3.34. The molecule has 0 saturated heterocycles. The zero-order valence-corrected chi connectivity index (χ0v) is 25.7. The maximum absolute atomic E-state index is 12.6. The van der Waals surface area contributed by atoms with Crippen LogP contribution in [-0.2, 0) is 23.8 Å². The van der Waals surface area contributed by atoms with Crippen LogP contribution in [0.2, 0.25) is 0 Å². The smallest absolute Gasteiger partial charge is 0.480 e. The molecule has 0 aliphatic carbocycles. The van der Waals surface area contributed by atoms with Gasteiger partial charge in [-0.2, -0.15) is 0 Å². The Morgan fingerprint density at radius 3 is 1.76 bits per heavy atom. The third kappa shape index (κ3) is 12.8. The van der Waals surface area contributed by atoms with Crippen LogP contribution in [0, 0.1) is 17.8 Å². The van der Waals surface area contributed by atoms with E-state index in [0.717, 1.165) is 0 Å². The maximum atomic E-state index is 12.6. The highest BCUT2D eigenvalue weighted by atomic mass is 16.7. The highest BCUT2D eigenvalue weighted by Crippen LogP contribution is 2.35. The average molecular weight is 582 g/mol. The van der Waals surface area contributed by atoms with Gasteiger partial charge in [-0.05, 0) is 69.1 Å². The van der Waals surface area contributed by atoms with Gasteiger partial charge in [0, 0.05) is 12.3 Å². The average Bonchev–Trinajstić information content (AvgIpc) is 2.86. The lowest BCUT2D eigenvalue weighted by molar-refractivity contribution is -0.149. The molecule has 5 atom stereocenters. The van der Waals surface area contributed by atoms with Gasteiger partial charge in [0.05, 0.1) is 6.10 Å². The molecule has 0 aromatic heterocycles. The van der Waals surface area contributed by atoms with Gasteiger partial charge in [0.15, 0.2) is 11.5 Å². The van der Waals surface area contributed by atoms with E-state index >= 15 is 0 Å². The second-order valence-corrected chi connectivity index (χ2v) is 11.5. The van der Waals surface area contributed by atoms with Gasteiger partial charge in [-0.3, -0.25) is 9.59 Å². The molecule has 0 fully saturated rings. The molecule has 1 aromatic rings. The van der Waals surface area contributed by atoms with Crippen molar-refractivity contribution in [2.75, 3.05) is 0 Å². The molecular weight excluding hydrogens is 534 g/mol. The Bertz CT molecular complexity index is 1020. The van der Waals surface area contributed by atoms with Crippen molar-refractivity contribution in [2.24, 2.45) is 23.5 Å². The Morgan fingerprint density at radius 2 is 1.29 bits per heavy atom. The quantitative estimate of drug-likeness (QED) is 0.141. The van der Waals surface area contributed by atoms with E-state index in [1.54, 1.807) is 20.8 Å². The number of benzene rings is 1. The fraction of sp³-hybridized carbons (Fsp3) is 0.667. The van der Waals surface area contributed by atoms with Crippen LogP contribution in [0.15, 0.2) is 18.2 Å². The minimum Gasteiger partial charge on any atom is -0.480 e. The molecule has 3 N–H and O–H groups in total. The van der Waals surface area contributed by atoms with Crippen molar-refractivity contribution in [1.29, 1.82) is 0 Å². The van der Waals surface area contributed by atoms with Crippen LogP contribution >= 0.6 is 0 Å². The minimum atomic E-state index is -1.38. The molecule has 0 aliphatic heterocycles. The van der Waals surface area contributed by atoms with Crippen molar-refractivity contribution >= 4 is 24.2 Å². The van der Waals surface area contributed by atoms with E-state index in [2.05, 4.69) is 0 Å². The number of carbonyl (C=O) groups excluding carboxylic acids is 3. The summed E-state index contributed by atoms with van der Waals surface area (Å²) >= 11 is 0. The maximum Gasteiger partial charge on any atom is 0.514 e. The Kier molecular flexibility index (Phi) is 14.6. The van der Waals surface area contributed by atoms with E-state index < -0.39 is 54.5 Å². The van der Waals surface area contributed by atoms with Crippen molar-refractivity contribution in [1.82, 2.24) is 0 Å². The van der Waals surface area contributed by atoms with Crippen LogP contribution in [0.5, 0.6) is 11.5 Å². The van der Waals surface area contributed by atoms with E-state index in [4.69, 9.17) is 29.4 Å². The van der Waals surface area contributed by atoms with E-state index in [1.165, 1.54) is 18.2 Å². The van der Waals surface area contributed by atoms with Crippen LogP contribution in [0.25, 0.3) is 0 Å². The molecule has 0 saturated carbocycles. The SMILES string of the molecule is CC(C)CCC(=O)OC(C)CC(c1ccc(OC(=O)OC(C)C(C)C)c(OC(=O)OC(C)C(C)C)c1)[C@H](N)C(=O)O. The first-order chi connectivity index (χ1) is 19.0. The number of carboxylic acid groups (broad SMARTS) is 1. The van der Waals surface area contributed by atoms with Gasteiger partial charge in [-0.25, -0.2) is 9.59 Å². The third-order valence-corrected chi connectivity index (χ3v) is 6.79. The molecule has 1 aromatic carbocycles. The third-order valence-electron chi connectivity index (χ3n) is 6.79. The second kappa shape index (κ2) is 16.8. The van der Waals surface area contributed by atoms with Crippen molar-refractivity contribution in [3.05, 3.63) is 23.8 Å². The zero-order chi connectivity index (χ0) is 31.4. The lowest BCUT2D eigenvalue weighted by Gasteiger charge is -2.25. The summed E-state index contributed by atoms with van der Waals surface area (Å²) in [5, 5.41) is 9.70. The monoisotopic (exact) mass is 581 g/mol. The van der Waals surface area contributed by atoms with Crippen molar-refractivity contribution in [3.63, 3.8) is 0 Å². The van der Waals surface area contributed by atoms with Gasteiger partial charge in [0.1, 0.15) is 18.2 Å². The molecule has 4 unspecified atom stereocenters. The standard InChI is InChI=1S/C30H47NO10/c1-16(2)10-13-26(32)37-19(7)14-23(27(31)28(33)34)22-11-12-24(40-29(35)38-20(8)17(3)4)25(15-22)41-30(36)39-21(9)18(5)6/h11-12,15-21,23,27H,10,13-14,31H2,1-9H3,(H,33,34)/t19?,20?,21?,23?,27-/m0/s1. The minimum absolute atomic E-state index is 0.0137.